The molecule has 0 bridgehead atoms. The van der Waals surface area contributed by atoms with Gasteiger partial charge < -0.3 is 14.9 Å². The van der Waals surface area contributed by atoms with Crippen LogP contribution in [0.15, 0.2) is 10.5 Å². The molecule has 0 aliphatic rings. The molecule has 6 heteroatoms. The van der Waals surface area contributed by atoms with Gasteiger partial charge in [0.1, 0.15) is 5.82 Å². The number of carboxylic acids is 1. The summed E-state index contributed by atoms with van der Waals surface area (Å²) in [5.41, 5.74) is -0.110. The maximum Gasteiger partial charge on any atom is 0.307 e. The number of rotatable bonds is 3. The molecule has 0 aliphatic carbocycles. The largest absolute Gasteiger partial charge is 0.503 e. The minimum absolute atomic E-state index is 0.00162. The number of methoxy groups -OCH3 is 1. The van der Waals surface area contributed by atoms with Gasteiger partial charge in [0.2, 0.25) is 0 Å². The second-order valence-electron chi connectivity index (χ2n) is 2.77. The number of aliphatic carboxylic acids is 1. The normalized spacial score (nSPS) is 10.1. The lowest BCUT2D eigenvalue weighted by Crippen LogP contribution is -2.04. The number of hydrogen-bond acceptors (Lipinski definition) is 3. The summed E-state index contributed by atoms with van der Waals surface area (Å²) in [7, 11) is 1.28. The predicted molar refractivity (Wildman–Crippen MR) is 53.7 cm³/mol. The first-order valence-corrected chi connectivity index (χ1v) is 4.72. The molecule has 82 valence electrons. The fourth-order valence-electron chi connectivity index (χ4n) is 1.10. The number of phenols is 1. The first kappa shape index (κ1) is 11.8. The maximum absolute atomic E-state index is 13.4. The number of carbonyl (C=O) groups is 1. The van der Waals surface area contributed by atoms with Crippen molar-refractivity contribution < 1.29 is 24.1 Å². The van der Waals surface area contributed by atoms with Crippen molar-refractivity contribution in [3.63, 3.8) is 0 Å². The molecule has 0 fully saturated rings. The van der Waals surface area contributed by atoms with Crippen molar-refractivity contribution in [3.05, 3.63) is 21.9 Å². The average molecular weight is 279 g/mol. The highest BCUT2D eigenvalue weighted by Crippen LogP contribution is 2.38. The van der Waals surface area contributed by atoms with Crippen molar-refractivity contribution in [2.45, 2.75) is 6.42 Å². The molecular weight excluding hydrogens is 271 g/mol. The maximum atomic E-state index is 13.4. The highest BCUT2D eigenvalue weighted by atomic mass is 79.9. The molecule has 0 amide bonds. The van der Waals surface area contributed by atoms with E-state index in [1.165, 1.54) is 7.11 Å². The van der Waals surface area contributed by atoms with E-state index >= 15 is 0 Å². The van der Waals surface area contributed by atoms with Gasteiger partial charge in [-0.25, -0.2) is 4.39 Å². The second kappa shape index (κ2) is 4.48. The Bertz CT molecular complexity index is 406. The predicted octanol–water partition coefficient (Wildman–Crippen LogP) is 1.93. The summed E-state index contributed by atoms with van der Waals surface area (Å²) in [6, 6.07) is 0.943. The highest BCUT2D eigenvalue weighted by molar-refractivity contribution is 9.10. The zero-order valence-corrected chi connectivity index (χ0v) is 9.34. The van der Waals surface area contributed by atoms with E-state index in [2.05, 4.69) is 15.9 Å². The zero-order valence-electron chi connectivity index (χ0n) is 7.75. The Hall–Kier alpha value is -1.30. The van der Waals surface area contributed by atoms with Crippen molar-refractivity contribution in [2.24, 2.45) is 0 Å². The standard InChI is InChI=1S/C9H8BrFO4/c1-15-6-3-5(11)4(2-7(12)13)8(10)9(6)14/h3,14H,2H2,1H3,(H,12,13). The van der Waals surface area contributed by atoms with Crippen molar-refractivity contribution in [1.29, 1.82) is 0 Å². The van der Waals surface area contributed by atoms with E-state index < -0.39 is 18.2 Å². The lowest BCUT2D eigenvalue weighted by molar-refractivity contribution is -0.136. The van der Waals surface area contributed by atoms with Crippen LogP contribution >= 0.6 is 15.9 Å². The van der Waals surface area contributed by atoms with Crippen molar-refractivity contribution in [3.8, 4) is 11.5 Å². The van der Waals surface area contributed by atoms with E-state index in [1.54, 1.807) is 0 Å². The zero-order chi connectivity index (χ0) is 11.6. The molecule has 0 saturated carbocycles. The molecule has 4 nitrogen and oxygen atoms in total. The molecule has 2 N–H and O–H groups in total. The van der Waals surface area contributed by atoms with Gasteiger partial charge >= 0.3 is 5.97 Å². The number of ether oxygens (including phenoxy) is 1. The molecule has 15 heavy (non-hydrogen) atoms. The fourth-order valence-corrected chi connectivity index (χ4v) is 1.62. The molecule has 0 radical (unpaired) electrons. The number of hydrogen-bond donors (Lipinski definition) is 2. The van der Waals surface area contributed by atoms with Gasteiger partial charge in [0.15, 0.2) is 11.5 Å². The van der Waals surface area contributed by atoms with Crippen LogP contribution < -0.4 is 4.74 Å². The Morgan fingerprint density at radius 3 is 2.73 bits per heavy atom. The van der Waals surface area contributed by atoms with Crippen LogP contribution in [-0.2, 0) is 11.2 Å². The Morgan fingerprint density at radius 2 is 2.27 bits per heavy atom. The van der Waals surface area contributed by atoms with Crippen molar-refractivity contribution >= 4 is 21.9 Å². The third-order valence-electron chi connectivity index (χ3n) is 1.80. The van der Waals surface area contributed by atoms with Crippen molar-refractivity contribution in [1.82, 2.24) is 0 Å². The molecule has 1 aromatic carbocycles. The van der Waals surface area contributed by atoms with Gasteiger partial charge in [-0.1, -0.05) is 0 Å². The van der Waals surface area contributed by atoms with Crippen LogP contribution in [0.4, 0.5) is 4.39 Å². The van der Waals surface area contributed by atoms with Crippen LogP contribution in [0.1, 0.15) is 5.56 Å². The van der Waals surface area contributed by atoms with Gasteiger partial charge in [0.25, 0.3) is 0 Å². The molecule has 1 aromatic rings. The van der Waals surface area contributed by atoms with Gasteiger partial charge in [0, 0.05) is 11.6 Å². The Labute approximate surface area is 93.4 Å². The van der Waals surface area contributed by atoms with Crippen LogP contribution in [0, 0.1) is 5.82 Å². The molecule has 0 aliphatic heterocycles. The lowest BCUT2D eigenvalue weighted by Gasteiger charge is -2.09. The molecule has 0 unspecified atom stereocenters. The number of carboxylic acid groups (broad SMARTS) is 1. The summed E-state index contributed by atoms with van der Waals surface area (Å²) in [4.78, 5) is 10.4. The first-order chi connectivity index (χ1) is 6.97. The van der Waals surface area contributed by atoms with E-state index in [9.17, 15) is 14.3 Å². The Kier molecular flexibility index (Phi) is 3.52. The highest BCUT2D eigenvalue weighted by Gasteiger charge is 2.18. The third kappa shape index (κ3) is 2.38. The number of halogens is 2. The summed E-state index contributed by atoms with van der Waals surface area (Å²) >= 11 is 2.92. The topological polar surface area (TPSA) is 66.8 Å². The van der Waals surface area contributed by atoms with Crippen LogP contribution in [0.5, 0.6) is 11.5 Å². The smallest absolute Gasteiger partial charge is 0.307 e. The third-order valence-corrected chi connectivity index (χ3v) is 2.65. The molecule has 0 saturated heterocycles. The van der Waals surface area contributed by atoms with Crippen LogP contribution in [0.2, 0.25) is 0 Å². The van der Waals surface area contributed by atoms with Gasteiger partial charge in [-0.05, 0) is 15.9 Å². The first-order valence-electron chi connectivity index (χ1n) is 3.93. The Balaban J connectivity index is 3.29. The Morgan fingerprint density at radius 1 is 1.67 bits per heavy atom. The van der Waals surface area contributed by atoms with Crippen LogP contribution in [-0.4, -0.2) is 23.3 Å². The van der Waals surface area contributed by atoms with E-state index in [0.717, 1.165) is 6.07 Å². The lowest BCUT2D eigenvalue weighted by atomic mass is 10.1. The fraction of sp³-hybridized carbons (Fsp3) is 0.222. The molecule has 1 rings (SSSR count). The van der Waals surface area contributed by atoms with Gasteiger partial charge in [-0.15, -0.1) is 0 Å². The SMILES string of the molecule is COc1cc(F)c(CC(=O)O)c(Br)c1O. The van der Waals surface area contributed by atoms with Crippen molar-refractivity contribution in [2.75, 3.05) is 7.11 Å². The summed E-state index contributed by atoms with van der Waals surface area (Å²) in [5, 5.41) is 18.0. The van der Waals surface area contributed by atoms with Crippen LogP contribution in [0.25, 0.3) is 0 Å². The van der Waals surface area contributed by atoms with Gasteiger partial charge in [-0.2, -0.15) is 0 Å². The molecule has 0 atom stereocenters. The number of aromatic hydroxyl groups is 1. The van der Waals surface area contributed by atoms with E-state index in [1.807, 2.05) is 0 Å². The van der Waals surface area contributed by atoms with Crippen LogP contribution in [0.3, 0.4) is 0 Å². The number of benzene rings is 1. The molecule has 0 heterocycles. The minimum atomic E-state index is -1.18. The number of phenolic OH excluding ortho intramolecular Hbond substituents is 1. The monoisotopic (exact) mass is 278 g/mol. The molecule has 0 spiro atoms. The summed E-state index contributed by atoms with van der Waals surface area (Å²) in [6.45, 7) is 0. The summed E-state index contributed by atoms with van der Waals surface area (Å²) in [5.74, 6) is -2.28. The summed E-state index contributed by atoms with van der Waals surface area (Å²) in [6.07, 6.45) is -0.510. The van der Waals surface area contributed by atoms with Gasteiger partial charge in [-0.3, -0.25) is 4.79 Å². The molecular formula is C9H8BrFO4. The summed E-state index contributed by atoms with van der Waals surface area (Å²) < 4.78 is 18.1. The van der Waals surface area contributed by atoms with E-state index in [4.69, 9.17) is 9.84 Å². The molecule has 0 aromatic heterocycles. The minimum Gasteiger partial charge on any atom is -0.503 e. The van der Waals surface area contributed by atoms with E-state index in [-0.39, 0.29) is 21.5 Å². The van der Waals surface area contributed by atoms with E-state index in [0.29, 0.717) is 0 Å². The average Bonchev–Trinajstić information content (AvgIpc) is 2.18. The quantitative estimate of drug-likeness (QED) is 0.887. The second-order valence-corrected chi connectivity index (χ2v) is 3.57. The van der Waals surface area contributed by atoms with Gasteiger partial charge in [0.05, 0.1) is 18.0 Å².